The number of benzene rings is 1. The van der Waals surface area contributed by atoms with Crippen LogP contribution in [-0.4, -0.2) is 14.2 Å². The Hall–Kier alpha value is -0.590. The second-order valence-corrected chi connectivity index (χ2v) is 5.35. The van der Waals surface area contributed by atoms with Gasteiger partial charge >= 0.3 is 0 Å². The summed E-state index contributed by atoms with van der Waals surface area (Å²) >= 11 is 1.24. The summed E-state index contributed by atoms with van der Waals surface area (Å²) in [6.07, 6.45) is 0. The fourth-order valence-electron chi connectivity index (χ4n) is 1.03. The predicted octanol–water partition coefficient (Wildman–Crippen LogP) is 1.59. The Kier molecular flexibility index (Phi) is 3.52. The highest BCUT2D eigenvalue weighted by atomic mass is 32.2. The first-order valence-electron chi connectivity index (χ1n) is 3.91. The van der Waals surface area contributed by atoms with E-state index in [0.717, 1.165) is 6.07 Å². The molecule has 0 fully saturated rings. The zero-order valence-corrected chi connectivity index (χ0v) is 9.16. The van der Waals surface area contributed by atoms with Crippen molar-refractivity contribution < 1.29 is 12.8 Å². The Labute approximate surface area is 86.6 Å². The molecule has 1 aromatic carbocycles. The molecule has 0 saturated heterocycles. The lowest BCUT2D eigenvalue weighted by atomic mass is 10.3. The van der Waals surface area contributed by atoms with Gasteiger partial charge in [0, 0.05) is 4.90 Å². The van der Waals surface area contributed by atoms with Gasteiger partial charge in [0.1, 0.15) is 10.7 Å². The molecule has 14 heavy (non-hydrogen) atoms. The smallest absolute Gasteiger partial charge is 0.224 e. The number of hydrogen-bond donors (Lipinski definition) is 1. The van der Waals surface area contributed by atoms with Crippen LogP contribution in [0.15, 0.2) is 28.0 Å². The molecule has 78 valence electrons. The molecule has 0 aliphatic carbocycles. The summed E-state index contributed by atoms with van der Waals surface area (Å²) in [7, 11) is -3.98. The second kappa shape index (κ2) is 4.29. The first-order chi connectivity index (χ1) is 6.46. The van der Waals surface area contributed by atoms with E-state index in [1.165, 1.54) is 23.9 Å². The standard InChI is InChI=1S/C8H10FNO2S2/c1-2-13-7-5-3-4-6(9)8(7)14(10,11)12/h3-5H,2H2,1H3,(H2,10,11,12). The predicted molar refractivity (Wildman–Crippen MR) is 54.2 cm³/mol. The lowest BCUT2D eigenvalue weighted by Crippen LogP contribution is -2.15. The number of nitrogens with two attached hydrogens (primary N) is 1. The minimum absolute atomic E-state index is 0.356. The van der Waals surface area contributed by atoms with E-state index in [-0.39, 0.29) is 0 Å². The zero-order chi connectivity index (χ0) is 10.8. The average molecular weight is 235 g/mol. The Balaban J connectivity index is 3.37. The molecule has 1 aromatic rings. The van der Waals surface area contributed by atoms with Crippen molar-refractivity contribution in [3.63, 3.8) is 0 Å². The van der Waals surface area contributed by atoms with E-state index in [4.69, 9.17) is 5.14 Å². The van der Waals surface area contributed by atoms with Crippen molar-refractivity contribution in [1.82, 2.24) is 0 Å². The van der Waals surface area contributed by atoms with Gasteiger partial charge in [-0.05, 0) is 17.9 Å². The topological polar surface area (TPSA) is 60.2 Å². The van der Waals surface area contributed by atoms with Crippen LogP contribution in [0.5, 0.6) is 0 Å². The molecule has 3 nitrogen and oxygen atoms in total. The Morgan fingerprint density at radius 1 is 1.50 bits per heavy atom. The van der Waals surface area contributed by atoms with Gasteiger partial charge in [-0.1, -0.05) is 13.0 Å². The molecule has 0 radical (unpaired) electrons. The van der Waals surface area contributed by atoms with Gasteiger partial charge in [0.2, 0.25) is 10.0 Å². The van der Waals surface area contributed by atoms with E-state index < -0.39 is 20.7 Å². The summed E-state index contributed by atoms with van der Waals surface area (Å²) in [6.45, 7) is 1.85. The van der Waals surface area contributed by atoms with Crippen LogP contribution in [0, 0.1) is 5.82 Å². The maximum Gasteiger partial charge on any atom is 0.242 e. The monoisotopic (exact) mass is 235 g/mol. The molecular formula is C8H10FNO2S2. The molecule has 0 atom stereocenters. The summed E-state index contributed by atoms with van der Waals surface area (Å²) in [6, 6.07) is 4.08. The van der Waals surface area contributed by atoms with Crippen molar-refractivity contribution in [2.75, 3.05) is 5.75 Å². The molecule has 0 unspecified atom stereocenters. The van der Waals surface area contributed by atoms with Crippen LogP contribution in [0.25, 0.3) is 0 Å². The van der Waals surface area contributed by atoms with Gasteiger partial charge in [0.05, 0.1) is 0 Å². The molecule has 0 bridgehead atoms. The average Bonchev–Trinajstić information content (AvgIpc) is 2.02. The van der Waals surface area contributed by atoms with Crippen molar-refractivity contribution in [1.29, 1.82) is 0 Å². The molecule has 0 amide bonds. The summed E-state index contributed by atoms with van der Waals surface area (Å²) in [4.78, 5) is -0.0538. The highest BCUT2D eigenvalue weighted by Crippen LogP contribution is 2.27. The summed E-state index contributed by atoms with van der Waals surface area (Å²) in [5.41, 5.74) is 0. The summed E-state index contributed by atoms with van der Waals surface area (Å²) in [5, 5.41) is 4.91. The zero-order valence-electron chi connectivity index (χ0n) is 7.53. The number of primary sulfonamides is 1. The van der Waals surface area contributed by atoms with Crippen molar-refractivity contribution in [3.05, 3.63) is 24.0 Å². The maximum absolute atomic E-state index is 13.2. The Morgan fingerprint density at radius 3 is 2.64 bits per heavy atom. The third-order valence-corrected chi connectivity index (χ3v) is 3.57. The Bertz CT molecular complexity index is 431. The van der Waals surface area contributed by atoms with E-state index in [2.05, 4.69) is 0 Å². The highest BCUT2D eigenvalue weighted by Gasteiger charge is 2.18. The van der Waals surface area contributed by atoms with E-state index >= 15 is 0 Å². The van der Waals surface area contributed by atoms with E-state index in [0.29, 0.717) is 10.6 Å². The number of halogens is 1. The van der Waals surface area contributed by atoms with Crippen LogP contribution in [0.1, 0.15) is 6.92 Å². The molecule has 6 heteroatoms. The molecule has 0 spiro atoms. The van der Waals surface area contributed by atoms with Gasteiger partial charge in [0.15, 0.2) is 0 Å². The molecule has 0 saturated carbocycles. The number of rotatable bonds is 3. The second-order valence-electron chi connectivity index (χ2n) is 2.55. The van der Waals surface area contributed by atoms with Crippen molar-refractivity contribution in [3.8, 4) is 0 Å². The first kappa shape index (κ1) is 11.5. The van der Waals surface area contributed by atoms with Crippen molar-refractivity contribution >= 4 is 21.8 Å². The Morgan fingerprint density at radius 2 is 2.14 bits per heavy atom. The van der Waals surface area contributed by atoms with Gasteiger partial charge in [0.25, 0.3) is 0 Å². The fourth-order valence-corrected chi connectivity index (χ4v) is 2.96. The van der Waals surface area contributed by atoms with Gasteiger partial charge < -0.3 is 0 Å². The van der Waals surface area contributed by atoms with Crippen LogP contribution in [-0.2, 0) is 10.0 Å². The third kappa shape index (κ3) is 2.46. The molecule has 1 rings (SSSR count). The summed E-state index contributed by atoms with van der Waals surface area (Å²) < 4.78 is 35.3. The van der Waals surface area contributed by atoms with Crippen LogP contribution in [0.3, 0.4) is 0 Å². The lowest BCUT2D eigenvalue weighted by molar-refractivity contribution is 0.560. The van der Waals surface area contributed by atoms with Gasteiger partial charge in [-0.3, -0.25) is 0 Å². The quantitative estimate of drug-likeness (QED) is 0.809. The number of thioether (sulfide) groups is 1. The van der Waals surface area contributed by atoms with E-state index in [1.807, 2.05) is 6.92 Å². The number of hydrogen-bond acceptors (Lipinski definition) is 3. The number of sulfonamides is 1. The van der Waals surface area contributed by atoms with Crippen LogP contribution >= 0.6 is 11.8 Å². The maximum atomic E-state index is 13.2. The van der Waals surface area contributed by atoms with Gasteiger partial charge in [-0.25, -0.2) is 17.9 Å². The third-order valence-electron chi connectivity index (χ3n) is 1.52. The largest absolute Gasteiger partial charge is 0.242 e. The van der Waals surface area contributed by atoms with E-state index in [9.17, 15) is 12.8 Å². The molecule has 0 aromatic heterocycles. The lowest BCUT2D eigenvalue weighted by Gasteiger charge is -2.06. The minimum Gasteiger partial charge on any atom is -0.224 e. The molecule has 0 aliphatic rings. The fraction of sp³-hybridized carbons (Fsp3) is 0.250. The van der Waals surface area contributed by atoms with Crippen LogP contribution in [0.4, 0.5) is 4.39 Å². The minimum atomic E-state index is -3.98. The van der Waals surface area contributed by atoms with E-state index in [1.54, 1.807) is 0 Å². The van der Waals surface area contributed by atoms with Gasteiger partial charge in [-0.15, -0.1) is 11.8 Å². The molecular weight excluding hydrogens is 225 g/mol. The van der Waals surface area contributed by atoms with Crippen LogP contribution in [0.2, 0.25) is 0 Å². The van der Waals surface area contributed by atoms with Crippen molar-refractivity contribution in [2.24, 2.45) is 5.14 Å². The van der Waals surface area contributed by atoms with Crippen LogP contribution < -0.4 is 5.14 Å². The first-order valence-corrected chi connectivity index (χ1v) is 6.44. The summed E-state index contributed by atoms with van der Waals surface area (Å²) in [5.74, 6) is -0.141. The highest BCUT2D eigenvalue weighted by molar-refractivity contribution is 8.00. The molecule has 2 N–H and O–H groups in total. The SMILES string of the molecule is CCSc1cccc(F)c1S(N)(=O)=O. The molecule has 0 aliphatic heterocycles. The van der Waals surface area contributed by atoms with Crippen molar-refractivity contribution in [2.45, 2.75) is 16.7 Å². The normalized spacial score (nSPS) is 11.6. The van der Waals surface area contributed by atoms with Gasteiger partial charge in [-0.2, -0.15) is 0 Å². The molecule has 0 heterocycles.